The molecule has 2 nitrogen and oxygen atoms in total. The van der Waals surface area contributed by atoms with Crippen molar-refractivity contribution in [2.24, 2.45) is 0 Å². The number of nitrogens with zero attached hydrogens (tertiary/aromatic N) is 1. The fraction of sp³-hybridized carbons (Fsp3) is 0.278. The van der Waals surface area contributed by atoms with Gasteiger partial charge in [-0.25, -0.2) is 0 Å². The molecule has 0 N–H and O–H groups in total. The summed E-state index contributed by atoms with van der Waals surface area (Å²) in [6.07, 6.45) is 2.72. The molecule has 1 fully saturated rings. The van der Waals surface area contributed by atoms with Gasteiger partial charge in [-0.05, 0) is 24.0 Å². The quantitative estimate of drug-likeness (QED) is 0.823. The fourth-order valence-electron chi connectivity index (χ4n) is 2.92. The van der Waals surface area contributed by atoms with Crippen LogP contribution < -0.4 is 0 Å². The van der Waals surface area contributed by atoms with E-state index < -0.39 is 0 Å². The molecule has 1 aliphatic heterocycles. The third kappa shape index (κ3) is 2.74. The molecule has 0 spiro atoms. The Morgan fingerprint density at radius 1 is 0.950 bits per heavy atom. The van der Waals surface area contributed by atoms with Gasteiger partial charge in [0.05, 0.1) is 6.04 Å². The normalized spacial score (nSPS) is 19.1. The zero-order valence-electron chi connectivity index (χ0n) is 11.5. The molecular formula is C18H19NO. The monoisotopic (exact) mass is 265 g/mol. The van der Waals surface area contributed by atoms with Crippen LogP contribution in [0.2, 0.25) is 0 Å². The van der Waals surface area contributed by atoms with Crippen molar-refractivity contribution in [1.29, 1.82) is 0 Å². The Kier molecular flexibility index (Phi) is 3.82. The van der Waals surface area contributed by atoms with Crippen molar-refractivity contribution in [3.8, 4) is 0 Å². The largest absolute Gasteiger partial charge is 0.331 e. The van der Waals surface area contributed by atoms with Gasteiger partial charge in [0.15, 0.2) is 0 Å². The van der Waals surface area contributed by atoms with Gasteiger partial charge >= 0.3 is 0 Å². The first kappa shape index (κ1) is 12.9. The van der Waals surface area contributed by atoms with Gasteiger partial charge in [0.25, 0.3) is 0 Å². The summed E-state index contributed by atoms with van der Waals surface area (Å²) in [5, 5.41) is 0. The average molecular weight is 265 g/mol. The molecule has 0 aliphatic carbocycles. The lowest BCUT2D eigenvalue weighted by Gasteiger charge is -2.36. The van der Waals surface area contributed by atoms with Crippen molar-refractivity contribution >= 4 is 5.91 Å². The van der Waals surface area contributed by atoms with E-state index in [1.807, 2.05) is 29.2 Å². The Labute approximate surface area is 120 Å². The van der Waals surface area contributed by atoms with Crippen LogP contribution >= 0.6 is 0 Å². The summed E-state index contributed by atoms with van der Waals surface area (Å²) in [7, 11) is 0. The summed E-state index contributed by atoms with van der Waals surface area (Å²) in [4.78, 5) is 14.3. The van der Waals surface area contributed by atoms with Crippen molar-refractivity contribution in [2.75, 3.05) is 0 Å². The molecule has 0 bridgehead atoms. The Morgan fingerprint density at radius 2 is 1.60 bits per heavy atom. The maximum atomic E-state index is 12.3. The number of hydrogen-bond donors (Lipinski definition) is 0. The van der Waals surface area contributed by atoms with Crippen LogP contribution in [0.1, 0.15) is 36.4 Å². The van der Waals surface area contributed by atoms with E-state index in [1.165, 1.54) is 11.1 Å². The molecule has 2 aromatic carbocycles. The molecule has 1 atom stereocenters. The highest BCUT2D eigenvalue weighted by Gasteiger charge is 2.28. The first-order valence-electron chi connectivity index (χ1n) is 7.23. The van der Waals surface area contributed by atoms with Gasteiger partial charge in [-0.15, -0.1) is 0 Å². The van der Waals surface area contributed by atoms with E-state index in [-0.39, 0.29) is 11.9 Å². The van der Waals surface area contributed by atoms with Gasteiger partial charge < -0.3 is 4.90 Å². The third-order valence-corrected chi connectivity index (χ3v) is 3.94. The topological polar surface area (TPSA) is 20.3 Å². The second kappa shape index (κ2) is 5.91. The van der Waals surface area contributed by atoms with Crippen LogP contribution in [0, 0.1) is 0 Å². The first-order chi connectivity index (χ1) is 9.84. The molecule has 0 aromatic heterocycles. The van der Waals surface area contributed by atoms with E-state index in [1.54, 1.807) is 0 Å². The number of rotatable bonds is 3. The molecule has 1 heterocycles. The van der Waals surface area contributed by atoms with E-state index >= 15 is 0 Å². The minimum absolute atomic E-state index is 0.220. The highest BCUT2D eigenvalue weighted by atomic mass is 16.2. The van der Waals surface area contributed by atoms with Crippen molar-refractivity contribution in [2.45, 2.75) is 31.8 Å². The predicted octanol–water partition coefficient (Wildman–Crippen LogP) is 3.94. The minimum atomic E-state index is 0.220. The molecule has 1 saturated heterocycles. The highest BCUT2D eigenvalue weighted by Crippen LogP contribution is 2.32. The van der Waals surface area contributed by atoms with E-state index in [2.05, 4.69) is 36.4 Å². The standard InChI is InChI=1S/C18H19NO/c20-18-13-7-12-17(16-10-5-2-6-11-16)19(18)14-15-8-3-1-4-9-15/h1-6,8-11,17H,7,12-14H2/t17-/m0/s1. The van der Waals surface area contributed by atoms with Crippen molar-refractivity contribution in [3.63, 3.8) is 0 Å². The smallest absolute Gasteiger partial charge is 0.223 e. The van der Waals surface area contributed by atoms with Gasteiger partial charge in [0, 0.05) is 13.0 Å². The molecule has 1 aliphatic rings. The van der Waals surface area contributed by atoms with Crippen molar-refractivity contribution in [3.05, 3.63) is 71.8 Å². The van der Waals surface area contributed by atoms with Crippen LogP contribution in [-0.2, 0) is 11.3 Å². The van der Waals surface area contributed by atoms with Crippen LogP contribution in [0.5, 0.6) is 0 Å². The lowest BCUT2D eigenvalue weighted by Crippen LogP contribution is -2.37. The fourth-order valence-corrected chi connectivity index (χ4v) is 2.92. The zero-order valence-corrected chi connectivity index (χ0v) is 11.5. The van der Waals surface area contributed by atoms with Crippen LogP contribution in [0.15, 0.2) is 60.7 Å². The molecule has 0 unspecified atom stereocenters. The molecule has 102 valence electrons. The molecule has 1 amide bonds. The summed E-state index contributed by atoms with van der Waals surface area (Å²) in [6.45, 7) is 0.708. The van der Waals surface area contributed by atoms with Gasteiger partial charge in [-0.2, -0.15) is 0 Å². The lowest BCUT2D eigenvalue weighted by molar-refractivity contribution is -0.137. The Morgan fingerprint density at radius 3 is 2.30 bits per heavy atom. The maximum Gasteiger partial charge on any atom is 0.223 e. The van der Waals surface area contributed by atoms with Crippen LogP contribution in [-0.4, -0.2) is 10.8 Å². The maximum absolute atomic E-state index is 12.3. The van der Waals surface area contributed by atoms with E-state index in [0.717, 1.165) is 12.8 Å². The summed E-state index contributed by atoms with van der Waals surface area (Å²) in [6, 6.07) is 20.8. The molecule has 2 aromatic rings. The number of benzene rings is 2. The van der Waals surface area contributed by atoms with E-state index in [0.29, 0.717) is 13.0 Å². The number of carbonyl (C=O) groups excluding carboxylic acids is 1. The molecule has 2 heteroatoms. The summed E-state index contributed by atoms with van der Waals surface area (Å²) in [5.41, 5.74) is 2.44. The van der Waals surface area contributed by atoms with Gasteiger partial charge in [-0.3, -0.25) is 4.79 Å². The number of hydrogen-bond acceptors (Lipinski definition) is 1. The molecular weight excluding hydrogens is 246 g/mol. The Hall–Kier alpha value is -2.09. The van der Waals surface area contributed by atoms with E-state index in [9.17, 15) is 4.79 Å². The van der Waals surface area contributed by atoms with Crippen LogP contribution in [0.4, 0.5) is 0 Å². The predicted molar refractivity (Wildman–Crippen MR) is 80.0 cm³/mol. The van der Waals surface area contributed by atoms with Gasteiger partial charge in [0.1, 0.15) is 0 Å². The summed E-state index contributed by atoms with van der Waals surface area (Å²) < 4.78 is 0. The summed E-state index contributed by atoms with van der Waals surface area (Å²) in [5.74, 6) is 0.272. The molecule has 0 radical (unpaired) electrons. The van der Waals surface area contributed by atoms with Crippen molar-refractivity contribution in [1.82, 2.24) is 4.90 Å². The minimum Gasteiger partial charge on any atom is -0.331 e. The summed E-state index contributed by atoms with van der Waals surface area (Å²) >= 11 is 0. The SMILES string of the molecule is O=C1CCC[C@@H](c2ccccc2)N1Cc1ccccc1. The lowest BCUT2D eigenvalue weighted by atomic mass is 9.94. The Balaban J connectivity index is 1.86. The zero-order chi connectivity index (χ0) is 13.8. The molecule has 20 heavy (non-hydrogen) atoms. The second-order valence-electron chi connectivity index (χ2n) is 5.33. The van der Waals surface area contributed by atoms with Crippen LogP contribution in [0.25, 0.3) is 0 Å². The molecule has 3 rings (SSSR count). The molecule has 0 saturated carbocycles. The average Bonchev–Trinajstić information content (AvgIpc) is 2.51. The Bertz CT molecular complexity index is 564. The second-order valence-corrected chi connectivity index (χ2v) is 5.33. The van der Waals surface area contributed by atoms with E-state index in [4.69, 9.17) is 0 Å². The van der Waals surface area contributed by atoms with Crippen LogP contribution in [0.3, 0.4) is 0 Å². The van der Waals surface area contributed by atoms with Gasteiger partial charge in [0.2, 0.25) is 5.91 Å². The number of amides is 1. The van der Waals surface area contributed by atoms with Gasteiger partial charge in [-0.1, -0.05) is 60.7 Å². The highest BCUT2D eigenvalue weighted by molar-refractivity contribution is 5.77. The first-order valence-corrected chi connectivity index (χ1v) is 7.23. The number of carbonyl (C=O) groups is 1. The van der Waals surface area contributed by atoms with Crippen molar-refractivity contribution < 1.29 is 4.79 Å². The number of likely N-dealkylation sites (tertiary alicyclic amines) is 1. The number of piperidine rings is 1. The third-order valence-electron chi connectivity index (χ3n) is 3.94.